The van der Waals surface area contributed by atoms with E-state index in [1.165, 1.54) is 0 Å². The van der Waals surface area contributed by atoms with E-state index < -0.39 is 10.0 Å². The molecule has 0 spiro atoms. The minimum atomic E-state index is -3.40. The second kappa shape index (κ2) is 11.2. The standard InChI is InChI=1S/C18H31N3O3S/c1-4-21(5-2)14-9-10-16(3)20-25(23,24)15-13-19-18(22)17-11-7-6-8-12-17/h6-8,11-12,16,20H,4-5,9-10,13-15H2,1-3H3,(H,19,22)/t16-/m0/s1. The van der Waals surface area contributed by atoms with E-state index in [0.29, 0.717) is 5.56 Å². The summed E-state index contributed by atoms with van der Waals surface area (Å²) in [5, 5.41) is 2.64. The molecule has 25 heavy (non-hydrogen) atoms. The number of nitrogens with one attached hydrogen (secondary N) is 2. The molecule has 0 aliphatic heterocycles. The van der Waals surface area contributed by atoms with Crippen LogP contribution in [0.1, 0.15) is 44.0 Å². The molecule has 0 heterocycles. The van der Waals surface area contributed by atoms with Gasteiger partial charge in [-0.3, -0.25) is 4.79 Å². The van der Waals surface area contributed by atoms with Crippen LogP contribution in [-0.4, -0.2) is 57.2 Å². The summed E-state index contributed by atoms with van der Waals surface area (Å²) in [5.74, 6) is -0.380. The lowest BCUT2D eigenvalue weighted by molar-refractivity contribution is 0.0956. The van der Waals surface area contributed by atoms with Crippen molar-refractivity contribution in [2.75, 3.05) is 31.9 Å². The highest BCUT2D eigenvalue weighted by atomic mass is 32.2. The predicted molar refractivity (Wildman–Crippen MR) is 102 cm³/mol. The zero-order chi connectivity index (χ0) is 18.7. The Morgan fingerprint density at radius 3 is 2.40 bits per heavy atom. The molecule has 7 heteroatoms. The first-order valence-electron chi connectivity index (χ1n) is 8.93. The molecular formula is C18H31N3O3S. The van der Waals surface area contributed by atoms with Crippen LogP contribution in [0.25, 0.3) is 0 Å². The second-order valence-corrected chi connectivity index (χ2v) is 8.00. The Hall–Kier alpha value is -1.44. The van der Waals surface area contributed by atoms with E-state index in [9.17, 15) is 13.2 Å². The van der Waals surface area contributed by atoms with Crippen molar-refractivity contribution >= 4 is 15.9 Å². The highest BCUT2D eigenvalue weighted by Crippen LogP contribution is 2.02. The van der Waals surface area contributed by atoms with Gasteiger partial charge in [-0.25, -0.2) is 13.1 Å². The van der Waals surface area contributed by atoms with Crippen molar-refractivity contribution in [3.63, 3.8) is 0 Å². The largest absolute Gasteiger partial charge is 0.351 e. The fraction of sp³-hybridized carbons (Fsp3) is 0.611. The SMILES string of the molecule is CCN(CC)CCC[C@H](C)NS(=O)(=O)CCNC(=O)c1ccccc1. The molecular weight excluding hydrogens is 338 g/mol. The van der Waals surface area contributed by atoms with Gasteiger partial charge in [0, 0.05) is 18.2 Å². The second-order valence-electron chi connectivity index (χ2n) is 6.13. The van der Waals surface area contributed by atoms with Crippen LogP contribution in [0, 0.1) is 0 Å². The minimum Gasteiger partial charge on any atom is -0.351 e. The van der Waals surface area contributed by atoms with Crippen LogP contribution < -0.4 is 10.0 Å². The number of hydrogen-bond donors (Lipinski definition) is 2. The van der Waals surface area contributed by atoms with Gasteiger partial charge in [0.1, 0.15) is 0 Å². The molecule has 6 nitrogen and oxygen atoms in total. The zero-order valence-corrected chi connectivity index (χ0v) is 16.3. The maximum Gasteiger partial charge on any atom is 0.251 e. The summed E-state index contributed by atoms with van der Waals surface area (Å²) in [6.45, 7) is 9.22. The topological polar surface area (TPSA) is 78.5 Å². The molecule has 1 aromatic carbocycles. The molecule has 0 radical (unpaired) electrons. The van der Waals surface area contributed by atoms with Gasteiger partial charge in [-0.15, -0.1) is 0 Å². The Balaban J connectivity index is 2.29. The van der Waals surface area contributed by atoms with Crippen LogP contribution in [0.15, 0.2) is 30.3 Å². The number of hydrogen-bond acceptors (Lipinski definition) is 4. The average Bonchev–Trinajstić information content (AvgIpc) is 2.58. The van der Waals surface area contributed by atoms with E-state index >= 15 is 0 Å². The van der Waals surface area contributed by atoms with Crippen molar-refractivity contribution in [3.05, 3.63) is 35.9 Å². The fourth-order valence-corrected chi connectivity index (χ4v) is 3.80. The lowest BCUT2D eigenvalue weighted by atomic mass is 10.2. The molecule has 1 aromatic rings. The highest BCUT2D eigenvalue weighted by Gasteiger charge is 2.15. The molecule has 1 rings (SSSR count). The van der Waals surface area contributed by atoms with E-state index in [4.69, 9.17) is 0 Å². The molecule has 0 aliphatic rings. The van der Waals surface area contributed by atoms with Crippen LogP contribution in [0.2, 0.25) is 0 Å². The third-order valence-electron chi connectivity index (χ3n) is 4.08. The van der Waals surface area contributed by atoms with E-state index in [1.807, 2.05) is 13.0 Å². The molecule has 2 N–H and O–H groups in total. The fourth-order valence-electron chi connectivity index (χ4n) is 2.58. The van der Waals surface area contributed by atoms with E-state index in [-0.39, 0.29) is 24.2 Å². The van der Waals surface area contributed by atoms with Gasteiger partial charge in [0.15, 0.2) is 0 Å². The van der Waals surface area contributed by atoms with E-state index in [1.54, 1.807) is 24.3 Å². The molecule has 142 valence electrons. The van der Waals surface area contributed by atoms with Crippen molar-refractivity contribution < 1.29 is 13.2 Å². The van der Waals surface area contributed by atoms with Crippen LogP contribution >= 0.6 is 0 Å². The first kappa shape index (κ1) is 21.6. The van der Waals surface area contributed by atoms with Gasteiger partial charge in [-0.05, 0) is 51.5 Å². The Bertz CT molecular complexity index is 601. The molecule has 0 saturated carbocycles. The molecule has 0 aromatic heterocycles. The van der Waals surface area contributed by atoms with Gasteiger partial charge in [0.25, 0.3) is 5.91 Å². The van der Waals surface area contributed by atoms with Gasteiger partial charge in [0.05, 0.1) is 5.75 Å². The number of carbonyl (C=O) groups is 1. The third-order valence-corrected chi connectivity index (χ3v) is 5.58. The number of nitrogens with zero attached hydrogens (tertiary/aromatic N) is 1. The molecule has 1 atom stereocenters. The first-order valence-corrected chi connectivity index (χ1v) is 10.6. The highest BCUT2D eigenvalue weighted by molar-refractivity contribution is 7.89. The normalized spacial score (nSPS) is 13.0. The van der Waals surface area contributed by atoms with Gasteiger partial charge < -0.3 is 10.2 Å². The number of sulfonamides is 1. The average molecular weight is 370 g/mol. The van der Waals surface area contributed by atoms with Crippen LogP contribution in [0.3, 0.4) is 0 Å². The van der Waals surface area contributed by atoms with Crippen LogP contribution in [-0.2, 0) is 10.0 Å². The number of carbonyl (C=O) groups excluding carboxylic acids is 1. The van der Waals surface area contributed by atoms with Crippen molar-refractivity contribution in [2.45, 2.75) is 39.7 Å². The quantitative estimate of drug-likeness (QED) is 0.589. The summed E-state index contributed by atoms with van der Waals surface area (Å²) in [4.78, 5) is 14.2. The number of amides is 1. The summed E-state index contributed by atoms with van der Waals surface area (Å²) >= 11 is 0. The summed E-state index contributed by atoms with van der Waals surface area (Å²) < 4.78 is 26.9. The lowest BCUT2D eigenvalue weighted by Crippen LogP contribution is -2.38. The Morgan fingerprint density at radius 1 is 1.16 bits per heavy atom. The van der Waals surface area contributed by atoms with E-state index in [0.717, 1.165) is 32.5 Å². The van der Waals surface area contributed by atoms with Crippen molar-refractivity contribution in [1.82, 2.24) is 14.9 Å². The van der Waals surface area contributed by atoms with Crippen molar-refractivity contribution in [1.29, 1.82) is 0 Å². The maximum absolute atomic E-state index is 12.1. The molecule has 0 unspecified atom stereocenters. The lowest BCUT2D eigenvalue weighted by Gasteiger charge is -2.19. The molecule has 1 amide bonds. The van der Waals surface area contributed by atoms with Crippen LogP contribution in [0.5, 0.6) is 0 Å². The van der Waals surface area contributed by atoms with Gasteiger partial charge in [0.2, 0.25) is 10.0 Å². The summed E-state index contributed by atoms with van der Waals surface area (Å²) in [6.07, 6.45) is 1.75. The number of benzene rings is 1. The Kier molecular flexibility index (Phi) is 9.70. The smallest absolute Gasteiger partial charge is 0.251 e. The molecule has 0 bridgehead atoms. The maximum atomic E-state index is 12.1. The minimum absolute atomic E-state index is 0.0925. The van der Waals surface area contributed by atoms with Gasteiger partial charge in [-0.1, -0.05) is 32.0 Å². The Morgan fingerprint density at radius 2 is 1.80 bits per heavy atom. The van der Waals surface area contributed by atoms with Gasteiger partial charge in [-0.2, -0.15) is 0 Å². The van der Waals surface area contributed by atoms with Crippen LogP contribution in [0.4, 0.5) is 0 Å². The van der Waals surface area contributed by atoms with Crippen molar-refractivity contribution in [2.24, 2.45) is 0 Å². The molecule has 0 saturated heterocycles. The summed E-state index contributed by atoms with van der Waals surface area (Å²) in [7, 11) is -3.40. The summed E-state index contributed by atoms with van der Waals surface area (Å²) in [5.41, 5.74) is 0.526. The van der Waals surface area contributed by atoms with Crippen molar-refractivity contribution in [3.8, 4) is 0 Å². The van der Waals surface area contributed by atoms with Gasteiger partial charge >= 0.3 is 0 Å². The first-order chi connectivity index (χ1) is 11.9. The Labute approximate surface area is 152 Å². The molecule has 0 fully saturated rings. The predicted octanol–water partition coefficient (Wildman–Crippen LogP) is 1.85. The number of rotatable bonds is 12. The molecule has 0 aliphatic carbocycles. The zero-order valence-electron chi connectivity index (χ0n) is 15.5. The summed E-state index contributed by atoms with van der Waals surface area (Å²) in [6, 6.07) is 8.65. The third kappa shape index (κ3) is 9.00. The monoisotopic (exact) mass is 369 g/mol. The van der Waals surface area contributed by atoms with E-state index in [2.05, 4.69) is 28.8 Å².